The summed E-state index contributed by atoms with van der Waals surface area (Å²) in [4.78, 5) is 27.5. The summed E-state index contributed by atoms with van der Waals surface area (Å²) in [5, 5.41) is 8.67. The number of carbonyl (C=O) groups excluding carboxylic acids is 1. The molecule has 0 unspecified atom stereocenters. The van der Waals surface area contributed by atoms with E-state index in [-0.39, 0.29) is 18.0 Å². The molecule has 2 aromatic carbocycles. The second-order valence-corrected chi connectivity index (χ2v) is 7.41. The summed E-state index contributed by atoms with van der Waals surface area (Å²) < 4.78 is 7.52. The van der Waals surface area contributed by atoms with Crippen molar-refractivity contribution >= 4 is 44.1 Å². The van der Waals surface area contributed by atoms with E-state index < -0.39 is 0 Å². The van der Waals surface area contributed by atoms with E-state index in [1.54, 1.807) is 18.2 Å². The maximum absolute atomic E-state index is 12.9. The minimum atomic E-state index is -0.309. The summed E-state index contributed by atoms with van der Waals surface area (Å²) in [6.07, 6.45) is 0. The monoisotopic (exact) mass is 442 g/mol. The molecule has 28 heavy (non-hydrogen) atoms. The Morgan fingerprint density at radius 3 is 2.61 bits per heavy atom. The molecule has 1 aliphatic heterocycles. The van der Waals surface area contributed by atoms with Crippen LogP contribution in [-0.2, 0) is 16.1 Å². The van der Waals surface area contributed by atoms with Gasteiger partial charge >= 0.3 is 0 Å². The van der Waals surface area contributed by atoms with Crippen molar-refractivity contribution in [1.29, 1.82) is 0 Å². The average molecular weight is 443 g/mol. The van der Waals surface area contributed by atoms with Gasteiger partial charge in [-0.05, 0) is 24.3 Å². The number of nitrogens with zero attached hydrogens (tertiary/aromatic N) is 3. The number of amides is 1. The molecule has 1 aromatic heterocycles. The van der Waals surface area contributed by atoms with Crippen molar-refractivity contribution < 1.29 is 9.53 Å². The van der Waals surface area contributed by atoms with Crippen LogP contribution in [0.5, 0.6) is 0 Å². The van der Waals surface area contributed by atoms with Crippen LogP contribution >= 0.6 is 15.9 Å². The highest BCUT2D eigenvalue weighted by Gasteiger charge is 2.19. The molecule has 1 saturated heterocycles. The molecule has 2 heterocycles. The quantitative estimate of drug-likeness (QED) is 0.671. The zero-order chi connectivity index (χ0) is 19.5. The fourth-order valence-electron chi connectivity index (χ4n) is 3.24. The Bertz CT molecular complexity index is 1080. The smallest absolute Gasteiger partial charge is 0.275 e. The summed E-state index contributed by atoms with van der Waals surface area (Å²) in [7, 11) is 0. The van der Waals surface area contributed by atoms with E-state index in [1.807, 2.05) is 30.3 Å². The zero-order valence-electron chi connectivity index (χ0n) is 15.1. The van der Waals surface area contributed by atoms with E-state index in [0.717, 1.165) is 9.86 Å². The summed E-state index contributed by atoms with van der Waals surface area (Å²) in [5.41, 5.74) is 0.374. The first kappa shape index (κ1) is 18.6. The highest BCUT2D eigenvalue weighted by atomic mass is 79.9. The van der Waals surface area contributed by atoms with Gasteiger partial charge in [0, 0.05) is 28.6 Å². The third-order valence-corrected chi connectivity index (χ3v) is 5.05. The van der Waals surface area contributed by atoms with Gasteiger partial charge in [-0.1, -0.05) is 40.2 Å². The number of aromatic nitrogens is 2. The van der Waals surface area contributed by atoms with Crippen molar-refractivity contribution in [3.63, 3.8) is 0 Å². The SMILES string of the molecule is O=C(Cn1nc(N2CCOCC2)c2ccccc2c1=O)Nc1cccc(Br)c1. The van der Waals surface area contributed by atoms with Gasteiger partial charge in [0.05, 0.1) is 18.6 Å². The van der Waals surface area contributed by atoms with Crippen molar-refractivity contribution in [2.24, 2.45) is 0 Å². The first-order chi connectivity index (χ1) is 13.6. The fraction of sp³-hybridized carbons (Fsp3) is 0.250. The topological polar surface area (TPSA) is 76.5 Å². The zero-order valence-corrected chi connectivity index (χ0v) is 16.7. The van der Waals surface area contributed by atoms with Crippen LogP contribution in [0.15, 0.2) is 57.8 Å². The Hall–Kier alpha value is -2.71. The first-order valence-corrected chi connectivity index (χ1v) is 9.79. The molecule has 3 aromatic rings. The van der Waals surface area contributed by atoms with Crippen LogP contribution in [0, 0.1) is 0 Å². The van der Waals surface area contributed by atoms with Crippen LogP contribution in [0.1, 0.15) is 0 Å². The number of rotatable bonds is 4. The molecule has 1 N–H and O–H groups in total. The Labute approximate surface area is 170 Å². The van der Waals surface area contributed by atoms with Crippen molar-refractivity contribution in [3.8, 4) is 0 Å². The summed E-state index contributed by atoms with van der Waals surface area (Å²) >= 11 is 3.38. The van der Waals surface area contributed by atoms with Crippen LogP contribution in [0.3, 0.4) is 0 Å². The molecule has 0 spiro atoms. The summed E-state index contributed by atoms with van der Waals surface area (Å²) in [6, 6.07) is 14.7. The van der Waals surface area contributed by atoms with E-state index >= 15 is 0 Å². The largest absolute Gasteiger partial charge is 0.378 e. The fourth-order valence-corrected chi connectivity index (χ4v) is 3.64. The number of ether oxygens (including phenoxy) is 1. The molecule has 1 amide bonds. The van der Waals surface area contributed by atoms with Crippen molar-refractivity contribution in [2.45, 2.75) is 6.54 Å². The highest BCUT2D eigenvalue weighted by Crippen LogP contribution is 2.23. The maximum Gasteiger partial charge on any atom is 0.275 e. The van der Waals surface area contributed by atoms with Gasteiger partial charge in [-0.25, -0.2) is 4.68 Å². The number of halogens is 1. The second-order valence-electron chi connectivity index (χ2n) is 6.49. The maximum atomic E-state index is 12.9. The molecule has 0 bridgehead atoms. The van der Waals surface area contributed by atoms with E-state index in [0.29, 0.717) is 43.2 Å². The van der Waals surface area contributed by atoms with Crippen LogP contribution in [0.25, 0.3) is 10.8 Å². The summed E-state index contributed by atoms with van der Waals surface area (Å²) in [5.74, 6) is 0.393. The number of anilines is 2. The standard InChI is InChI=1S/C20H19BrN4O3/c21-14-4-3-5-15(12-14)22-18(26)13-25-20(27)17-7-2-1-6-16(17)19(23-25)24-8-10-28-11-9-24/h1-7,12H,8-11,13H2,(H,22,26). The number of hydrogen-bond acceptors (Lipinski definition) is 5. The predicted octanol–water partition coefficient (Wildman–Crippen LogP) is 2.63. The molecule has 0 saturated carbocycles. The van der Waals surface area contributed by atoms with Gasteiger partial charge < -0.3 is 15.0 Å². The van der Waals surface area contributed by atoms with Gasteiger partial charge in [0.2, 0.25) is 5.91 Å². The predicted molar refractivity (Wildman–Crippen MR) is 112 cm³/mol. The number of morpholine rings is 1. The number of hydrogen-bond donors (Lipinski definition) is 1. The number of benzene rings is 2. The van der Waals surface area contributed by atoms with Gasteiger partial charge in [0.25, 0.3) is 5.56 Å². The Kier molecular flexibility index (Phi) is 5.40. The van der Waals surface area contributed by atoms with E-state index in [1.165, 1.54) is 4.68 Å². The van der Waals surface area contributed by atoms with Crippen LogP contribution in [0.4, 0.5) is 11.5 Å². The summed E-state index contributed by atoms with van der Waals surface area (Å²) in [6.45, 7) is 2.45. The highest BCUT2D eigenvalue weighted by molar-refractivity contribution is 9.10. The minimum Gasteiger partial charge on any atom is -0.378 e. The molecule has 1 fully saturated rings. The lowest BCUT2D eigenvalue weighted by Crippen LogP contribution is -2.39. The average Bonchev–Trinajstić information content (AvgIpc) is 2.71. The first-order valence-electron chi connectivity index (χ1n) is 9.00. The molecule has 4 rings (SSSR count). The van der Waals surface area contributed by atoms with Crippen molar-refractivity contribution in [1.82, 2.24) is 9.78 Å². The van der Waals surface area contributed by atoms with Crippen molar-refractivity contribution in [3.05, 3.63) is 63.4 Å². The van der Waals surface area contributed by atoms with E-state index in [4.69, 9.17) is 4.74 Å². The molecular weight excluding hydrogens is 424 g/mol. The number of nitrogens with one attached hydrogen (secondary N) is 1. The lowest BCUT2D eigenvalue weighted by Gasteiger charge is -2.29. The van der Waals surface area contributed by atoms with Crippen LogP contribution in [-0.4, -0.2) is 42.0 Å². The van der Waals surface area contributed by atoms with E-state index in [9.17, 15) is 9.59 Å². The van der Waals surface area contributed by atoms with Gasteiger partial charge in [-0.2, -0.15) is 5.10 Å². The normalized spacial score (nSPS) is 14.2. The molecule has 0 radical (unpaired) electrons. The van der Waals surface area contributed by atoms with Gasteiger partial charge in [-0.3, -0.25) is 9.59 Å². The minimum absolute atomic E-state index is 0.159. The molecule has 7 nitrogen and oxygen atoms in total. The Morgan fingerprint density at radius 1 is 1.11 bits per heavy atom. The van der Waals surface area contributed by atoms with Gasteiger partial charge in [0.15, 0.2) is 5.82 Å². The Balaban J connectivity index is 1.67. The van der Waals surface area contributed by atoms with E-state index in [2.05, 4.69) is 31.2 Å². The third kappa shape index (κ3) is 3.93. The number of fused-ring (bicyclic) bond motifs is 1. The lowest BCUT2D eigenvalue weighted by atomic mass is 10.1. The van der Waals surface area contributed by atoms with Gasteiger partial charge in [-0.15, -0.1) is 0 Å². The lowest BCUT2D eigenvalue weighted by molar-refractivity contribution is -0.117. The van der Waals surface area contributed by atoms with Crippen molar-refractivity contribution in [2.75, 3.05) is 36.5 Å². The molecule has 144 valence electrons. The van der Waals surface area contributed by atoms with Gasteiger partial charge in [0.1, 0.15) is 6.54 Å². The molecule has 8 heteroatoms. The van der Waals surface area contributed by atoms with Crippen LogP contribution in [0.2, 0.25) is 0 Å². The molecule has 0 atom stereocenters. The van der Waals surface area contributed by atoms with Crippen LogP contribution < -0.4 is 15.8 Å². The molecule has 1 aliphatic rings. The number of carbonyl (C=O) groups is 1. The second kappa shape index (κ2) is 8.12. The Morgan fingerprint density at radius 2 is 1.86 bits per heavy atom. The molecule has 0 aliphatic carbocycles. The third-order valence-electron chi connectivity index (χ3n) is 4.56. The molecular formula is C20H19BrN4O3.